The van der Waals surface area contributed by atoms with Gasteiger partial charge in [0.25, 0.3) is 0 Å². The van der Waals surface area contributed by atoms with Crippen molar-refractivity contribution in [1.29, 1.82) is 0 Å². The monoisotopic (exact) mass is 276 g/mol. The van der Waals surface area contributed by atoms with Gasteiger partial charge in [-0.25, -0.2) is 9.59 Å². The fourth-order valence-corrected chi connectivity index (χ4v) is 1.79. The van der Waals surface area contributed by atoms with E-state index in [2.05, 4.69) is 0 Å². The van der Waals surface area contributed by atoms with E-state index in [1.54, 1.807) is 25.1 Å². The third kappa shape index (κ3) is 4.35. The smallest absolute Gasteiger partial charge is 0.339 e. The molecule has 0 fully saturated rings. The Bertz CT molecular complexity index is 557. The SMILES string of the molecule is CCOC(=O)c1c(/C=C/C(=O)O)cccc1CC(C)=O. The third-order valence-corrected chi connectivity index (χ3v) is 2.51. The molecule has 106 valence electrons. The summed E-state index contributed by atoms with van der Waals surface area (Å²) in [5.74, 6) is -1.76. The van der Waals surface area contributed by atoms with Crippen molar-refractivity contribution in [1.82, 2.24) is 0 Å². The third-order valence-electron chi connectivity index (χ3n) is 2.51. The molecule has 0 aliphatic carbocycles. The van der Waals surface area contributed by atoms with Crippen molar-refractivity contribution < 1.29 is 24.2 Å². The highest BCUT2D eigenvalue weighted by Gasteiger charge is 2.17. The highest BCUT2D eigenvalue weighted by Crippen LogP contribution is 2.19. The van der Waals surface area contributed by atoms with E-state index in [-0.39, 0.29) is 24.4 Å². The predicted octanol–water partition coefficient (Wildman–Crippen LogP) is 2.09. The van der Waals surface area contributed by atoms with Crippen LogP contribution < -0.4 is 0 Å². The first-order chi connectivity index (χ1) is 9.45. The average molecular weight is 276 g/mol. The van der Waals surface area contributed by atoms with E-state index in [1.807, 2.05) is 0 Å². The van der Waals surface area contributed by atoms with E-state index in [4.69, 9.17) is 9.84 Å². The zero-order valence-electron chi connectivity index (χ0n) is 11.4. The molecule has 0 heterocycles. The van der Waals surface area contributed by atoms with Crippen LogP contribution in [0.3, 0.4) is 0 Å². The summed E-state index contributed by atoms with van der Waals surface area (Å²) in [4.78, 5) is 33.8. The van der Waals surface area contributed by atoms with E-state index in [9.17, 15) is 14.4 Å². The van der Waals surface area contributed by atoms with Gasteiger partial charge in [-0.3, -0.25) is 4.79 Å². The van der Waals surface area contributed by atoms with Crippen LogP contribution >= 0.6 is 0 Å². The van der Waals surface area contributed by atoms with Crippen LogP contribution in [0, 0.1) is 0 Å². The minimum atomic E-state index is -1.11. The number of benzene rings is 1. The van der Waals surface area contributed by atoms with E-state index in [0.717, 1.165) is 6.08 Å². The van der Waals surface area contributed by atoms with Crippen LogP contribution in [0.5, 0.6) is 0 Å². The van der Waals surface area contributed by atoms with Crippen molar-refractivity contribution in [2.75, 3.05) is 6.61 Å². The molecule has 0 spiro atoms. The molecule has 0 saturated carbocycles. The lowest BCUT2D eigenvalue weighted by atomic mass is 9.97. The maximum atomic E-state index is 12.0. The fraction of sp³-hybridized carbons (Fsp3) is 0.267. The molecule has 0 aliphatic heterocycles. The number of hydrogen-bond donors (Lipinski definition) is 1. The van der Waals surface area contributed by atoms with E-state index in [1.165, 1.54) is 13.0 Å². The second-order valence-electron chi connectivity index (χ2n) is 4.15. The molecule has 1 aromatic carbocycles. The number of aliphatic carboxylic acids is 1. The maximum Gasteiger partial charge on any atom is 0.339 e. The maximum absolute atomic E-state index is 12.0. The highest BCUT2D eigenvalue weighted by atomic mass is 16.5. The van der Waals surface area contributed by atoms with Crippen LogP contribution in [0.4, 0.5) is 0 Å². The van der Waals surface area contributed by atoms with E-state index < -0.39 is 11.9 Å². The van der Waals surface area contributed by atoms with Gasteiger partial charge in [0, 0.05) is 12.5 Å². The number of hydrogen-bond acceptors (Lipinski definition) is 4. The second kappa shape index (κ2) is 7.23. The topological polar surface area (TPSA) is 80.7 Å². The molecule has 0 saturated heterocycles. The van der Waals surface area contributed by atoms with E-state index in [0.29, 0.717) is 11.1 Å². The lowest BCUT2D eigenvalue weighted by Crippen LogP contribution is -2.12. The summed E-state index contributed by atoms with van der Waals surface area (Å²) in [6.45, 7) is 3.31. The van der Waals surface area contributed by atoms with Gasteiger partial charge in [-0.1, -0.05) is 18.2 Å². The molecule has 0 radical (unpaired) electrons. The lowest BCUT2D eigenvalue weighted by molar-refractivity contribution is -0.131. The Hall–Kier alpha value is -2.43. The Kier molecular flexibility index (Phi) is 5.65. The summed E-state index contributed by atoms with van der Waals surface area (Å²) in [6, 6.07) is 4.93. The Morgan fingerprint density at radius 2 is 2.00 bits per heavy atom. The van der Waals surface area contributed by atoms with Crippen molar-refractivity contribution in [2.24, 2.45) is 0 Å². The van der Waals surface area contributed by atoms with Gasteiger partial charge in [-0.05, 0) is 31.1 Å². The Morgan fingerprint density at radius 3 is 2.55 bits per heavy atom. The highest BCUT2D eigenvalue weighted by molar-refractivity contribution is 5.98. The minimum absolute atomic E-state index is 0.0880. The molecule has 1 N–H and O–H groups in total. The molecular weight excluding hydrogens is 260 g/mol. The Labute approximate surface area is 116 Å². The largest absolute Gasteiger partial charge is 0.478 e. The van der Waals surface area contributed by atoms with Gasteiger partial charge in [-0.2, -0.15) is 0 Å². The van der Waals surface area contributed by atoms with Gasteiger partial charge in [0.1, 0.15) is 5.78 Å². The molecule has 1 rings (SSSR count). The quantitative estimate of drug-likeness (QED) is 0.635. The standard InChI is InChI=1S/C15H16O5/c1-3-20-15(19)14-11(7-8-13(17)18)5-4-6-12(14)9-10(2)16/h4-8H,3,9H2,1-2H3,(H,17,18)/b8-7+. The van der Waals surface area contributed by atoms with Gasteiger partial charge in [0.15, 0.2) is 0 Å². The Balaban J connectivity index is 3.31. The molecule has 0 atom stereocenters. The zero-order valence-corrected chi connectivity index (χ0v) is 11.4. The van der Waals surface area contributed by atoms with Gasteiger partial charge in [-0.15, -0.1) is 0 Å². The summed E-state index contributed by atoms with van der Waals surface area (Å²) in [5.41, 5.74) is 1.19. The summed E-state index contributed by atoms with van der Waals surface area (Å²) in [5, 5.41) is 8.67. The van der Waals surface area contributed by atoms with Crippen LogP contribution in [-0.2, 0) is 20.7 Å². The molecule has 0 aliphatic rings. The molecule has 5 heteroatoms. The van der Waals surface area contributed by atoms with Crippen LogP contribution in [0.2, 0.25) is 0 Å². The summed E-state index contributed by atoms with van der Waals surface area (Å²) >= 11 is 0. The second-order valence-corrected chi connectivity index (χ2v) is 4.15. The zero-order chi connectivity index (χ0) is 15.1. The molecule has 20 heavy (non-hydrogen) atoms. The molecule has 1 aromatic rings. The number of carbonyl (C=O) groups excluding carboxylic acids is 2. The Morgan fingerprint density at radius 1 is 1.30 bits per heavy atom. The number of ketones is 1. The van der Waals surface area contributed by atoms with E-state index >= 15 is 0 Å². The van der Waals surface area contributed by atoms with Crippen molar-refractivity contribution in [3.8, 4) is 0 Å². The van der Waals surface area contributed by atoms with Gasteiger partial charge in [0.2, 0.25) is 0 Å². The van der Waals surface area contributed by atoms with Gasteiger partial charge >= 0.3 is 11.9 Å². The lowest BCUT2D eigenvalue weighted by Gasteiger charge is -2.10. The number of carboxylic acid groups (broad SMARTS) is 1. The fourth-order valence-electron chi connectivity index (χ4n) is 1.79. The molecule has 5 nitrogen and oxygen atoms in total. The number of ether oxygens (including phenoxy) is 1. The molecule has 0 amide bonds. The molecule has 0 bridgehead atoms. The minimum Gasteiger partial charge on any atom is -0.478 e. The number of Topliss-reactive ketones (excluding diaryl/α,β-unsaturated/α-hetero) is 1. The van der Waals surface area contributed by atoms with Crippen molar-refractivity contribution in [2.45, 2.75) is 20.3 Å². The number of rotatable bonds is 6. The number of esters is 1. The summed E-state index contributed by atoms with van der Waals surface area (Å²) in [6.07, 6.45) is 2.36. The van der Waals surface area contributed by atoms with Crippen molar-refractivity contribution in [3.63, 3.8) is 0 Å². The average Bonchev–Trinajstić information content (AvgIpc) is 2.35. The number of carboxylic acids is 1. The normalized spacial score (nSPS) is 10.5. The first-order valence-electron chi connectivity index (χ1n) is 6.15. The van der Waals surface area contributed by atoms with Crippen LogP contribution in [0.25, 0.3) is 6.08 Å². The first-order valence-corrected chi connectivity index (χ1v) is 6.15. The number of carbonyl (C=O) groups is 3. The van der Waals surface area contributed by atoms with Crippen LogP contribution in [-0.4, -0.2) is 29.4 Å². The van der Waals surface area contributed by atoms with Crippen LogP contribution in [0.1, 0.15) is 35.3 Å². The molecule has 0 aromatic heterocycles. The summed E-state index contributed by atoms with van der Waals surface area (Å²) < 4.78 is 4.97. The van der Waals surface area contributed by atoms with Crippen LogP contribution in [0.15, 0.2) is 24.3 Å². The molecular formula is C15H16O5. The van der Waals surface area contributed by atoms with Gasteiger partial charge in [0.05, 0.1) is 12.2 Å². The van der Waals surface area contributed by atoms with Crippen molar-refractivity contribution >= 4 is 23.8 Å². The van der Waals surface area contributed by atoms with Crippen molar-refractivity contribution in [3.05, 3.63) is 41.0 Å². The summed E-state index contributed by atoms with van der Waals surface area (Å²) in [7, 11) is 0. The molecule has 0 unspecified atom stereocenters. The predicted molar refractivity (Wildman–Crippen MR) is 73.5 cm³/mol. The van der Waals surface area contributed by atoms with Gasteiger partial charge < -0.3 is 9.84 Å². The first kappa shape index (κ1) is 15.6.